The molecule has 0 N–H and O–H groups in total. The van der Waals surface area contributed by atoms with Crippen LogP contribution in [0.2, 0.25) is 0 Å². The third-order valence-corrected chi connectivity index (χ3v) is 4.74. The largest absolute Gasteiger partial charge is 0.378 e. The van der Waals surface area contributed by atoms with Crippen molar-refractivity contribution >= 4 is 11.6 Å². The van der Waals surface area contributed by atoms with Crippen LogP contribution in [0.4, 0.5) is 5.69 Å². The fraction of sp³-hybridized carbons (Fsp3) is 0.263. The Morgan fingerprint density at radius 2 is 1.89 bits per heavy atom. The molecule has 1 aliphatic heterocycles. The molecule has 3 aromatic rings. The summed E-state index contributed by atoms with van der Waals surface area (Å²) in [6.07, 6.45) is 1.91. The lowest BCUT2D eigenvalue weighted by molar-refractivity contribution is -0.384. The number of hydrogen-bond donors (Lipinski definition) is 0. The molecule has 0 atom stereocenters. The van der Waals surface area contributed by atoms with E-state index >= 15 is 0 Å². The topological polar surface area (TPSA) is 95.4 Å². The normalized spacial score (nSPS) is 14.2. The SMILES string of the molecule is Cn1cccc1-c1cc(C(=O)N2CCOCC2)n(-c2ccc([N+](=O)[O-])cc2)n1. The molecule has 1 aliphatic rings. The Balaban J connectivity index is 1.78. The Hall–Kier alpha value is -3.46. The second kappa shape index (κ2) is 7.28. The van der Waals surface area contributed by atoms with Gasteiger partial charge in [0, 0.05) is 38.5 Å². The van der Waals surface area contributed by atoms with Crippen molar-refractivity contribution < 1.29 is 14.5 Å². The summed E-state index contributed by atoms with van der Waals surface area (Å²) in [5, 5.41) is 15.6. The molecule has 9 nitrogen and oxygen atoms in total. The van der Waals surface area contributed by atoms with Crippen molar-refractivity contribution in [2.75, 3.05) is 26.3 Å². The van der Waals surface area contributed by atoms with Crippen molar-refractivity contribution in [3.63, 3.8) is 0 Å². The predicted molar refractivity (Wildman–Crippen MR) is 101 cm³/mol. The Morgan fingerprint density at radius 1 is 1.18 bits per heavy atom. The Morgan fingerprint density at radius 3 is 2.50 bits per heavy atom. The molecule has 0 bridgehead atoms. The number of non-ortho nitro benzene ring substituents is 1. The van der Waals surface area contributed by atoms with E-state index in [0.29, 0.717) is 43.4 Å². The first-order valence-corrected chi connectivity index (χ1v) is 8.88. The highest BCUT2D eigenvalue weighted by molar-refractivity contribution is 5.94. The van der Waals surface area contributed by atoms with Crippen molar-refractivity contribution in [1.29, 1.82) is 0 Å². The van der Waals surface area contributed by atoms with Crippen LogP contribution in [0.3, 0.4) is 0 Å². The summed E-state index contributed by atoms with van der Waals surface area (Å²) in [7, 11) is 1.91. The number of morpholine rings is 1. The molecule has 2 aromatic heterocycles. The molecule has 0 saturated carbocycles. The number of nitrogens with zero attached hydrogens (tertiary/aromatic N) is 5. The number of nitro benzene ring substituents is 1. The summed E-state index contributed by atoms with van der Waals surface area (Å²) >= 11 is 0. The lowest BCUT2D eigenvalue weighted by atomic mass is 10.2. The molecular formula is C19H19N5O4. The van der Waals surface area contributed by atoms with Crippen LogP contribution in [0, 0.1) is 10.1 Å². The van der Waals surface area contributed by atoms with Crippen LogP contribution < -0.4 is 0 Å². The number of aryl methyl sites for hydroxylation is 1. The zero-order valence-corrected chi connectivity index (χ0v) is 15.3. The van der Waals surface area contributed by atoms with E-state index < -0.39 is 4.92 Å². The predicted octanol–water partition coefficient (Wildman–Crippen LogP) is 2.26. The van der Waals surface area contributed by atoms with E-state index in [2.05, 4.69) is 5.10 Å². The van der Waals surface area contributed by atoms with Crippen LogP contribution in [-0.2, 0) is 11.8 Å². The molecule has 9 heteroatoms. The van der Waals surface area contributed by atoms with Gasteiger partial charge in [-0.05, 0) is 30.3 Å². The highest BCUT2D eigenvalue weighted by atomic mass is 16.6. The highest BCUT2D eigenvalue weighted by Crippen LogP contribution is 2.24. The molecule has 1 aromatic carbocycles. The Bertz CT molecular complexity index is 1020. The van der Waals surface area contributed by atoms with Crippen LogP contribution in [0.1, 0.15) is 10.5 Å². The van der Waals surface area contributed by atoms with Gasteiger partial charge >= 0.3 is 0 Å². The van der Waals surface area contributed by atoms with Crippen molar-refractivity contribution in [3.05, 3.63) is 64.5 Å². The van der Waals surface area contributed by atoms with Crippen molar-refractivity contribution in [3.8, 4) is 17.1 Å². The minimum atomic E-state index is -0.456. The monoisotopic (exact) mass is 381 g/mol. The van der Waals surface area contributed by atoms with Crippen molar-refractivity contribution in [1.82, 2.24) is 19.2 Å². The molecule has 4 rings (SSSR count). The van der Waals surface area contributed by atoms with E-state index in [0.717, 1.165) is 5.69 Å². The van der Waals surface area contributed by atoms with Gasteiger partial charge in [0.15, 0.2) is 0 Å². The number of carbonyl (C=O) groups is 1. The molecular weight excluding hydrogens is 362 g/mol. The highest BCUT2D eigenvalue weighted by Gasteiger charge is 2.25. The number of amides is 1. The first-order chi connectivity index (χ1) is 13.5. The molecule has 1 fully saturated rings. The number of nitro groups is 1. The van der Waals surface area contributed by atoms with Gasteiger partial charge in [-0.3, -0.25) is 14.9 Å². The van der Waals surface area contributed by atoms with Gasteiger partial charge in [0.05, 0.1) is 29.5 Å². The Kier molecular flexibility index (Phi) is 4.66. The molecule has 0 aliphatic carbocycles. The van der Waals surface area contributed by atoms with Gasteiger partial charge in [-0.15, -0.1) is 0 Å². The molecule has 0 spiro atoms. The summed E-state index contributed by atoms with van der Waals surface area (Å²) in [6, 6.07) is 11.6. The number of ether oxygens (including phenoxy) is 1. The summed E-state index contributed by atoms with van der Waals surface area (Å²) < 4.78 is 8.80. The van der Waals surface area contributed by atoms with E-state index in [4.69, 9.17) is 4.74 Å². The molecule has 144 valence electrons. The van der Waals surface area contributed by atoms with Crippen molar-refractivity contribution in [2.24, 2.45) is 7.05 Å². The van der Waals surface area contributed by atoms with Crippen LogP contribution >= 0.6 is 0 Å². The number of rotatable bonds is 4. The summed E-state index contributed by atoms with van der Waals surface area (Å²) in [5.74, 6) is -0.144. The number of aromatic nitrogens is 3. The lowest BCUT2D eigenvalue weighted by Crippen LogP contribution is -2.41. The number of benzene rings is 1. The van der Waals surface area contributed by atoms with E-state index in [1.807, 2.05) is 29.9 Å². The van der Waals surface area contributed by atoms with Gasteiger partial charge in [-0.1, -0.05) is 0 Å². The Labute approximate surface area is 160 Å². The maximum Gasteiger partial charge on any atom is 0.272 e. The zero-order valence-electron chi connectivity index (χ0n) is 15.3. The lowest BCUT2D eigenvalue weighted by Gasteiger charge is -2.26. The summed E-state index contributed by atoms with van der Waals surface area (Å²) in [6.45, 7) is 2.04. The van der Waals surface area contributed by atoms with Crippen LogP contribution in [0.15, 0.2) is 48.7 Å². The van der Waals surface area contributed by atoms with Crippen LogP contribution in [0.5, 0.6) is 0 Å². The fourth-order valence-electron chi connectivity index (χ4n) is 3.23. The minimum Gasteiger partial charge on any atom is -0.378 e. The minimum absolute atomic E-state index is 0.0142. The zero-order chi connectivity index (χ0) is 19.7. The summed E-state index contributed by atoms with van der Waals surface area (Å²) in [5.41, 5.74) is 2.51. The average molecular weight is 381 g/mol. The third kappa shape index (κ3) is 3.27. The first-order valence-electron chi connectivity index (χ1n) is 8.88. The number of carbonyl (C=O) groups excluding carboxylic acids is 1. The third-order valence-electron chi connectivity index (χ3n) is 4.74. The van der Waals surface area contributed by atoms with E-state index in [1.165, 1.54) is 12.1 Å². The summed E-state index contributed by atoms with van der Waals surface area (Å²) in [4.78, 5) is 25.3. The van der Waals surface area contributed by atoms with Gasteiger partial charge in [0.25, 0.3) is 11.6 Å². The molecule has 1 amide bonds. The molecule has 0 unspecified atom stereocenters. The number of hydrogen-bond acceptors (Lipinski definition) is 5. The standard InChI is InChI=1S/C19H19N5O4/c1-21-8-2-3-17(21)16-13-18(19(25)22-9-11-28-12-10-22)23(20-16)14-4-6-15(7-5-14)24(26)27/h2-8,13H,9-12H2,1H3. The average Bonchev–Trinajstić information content (AvgIpc) is 3.34. The maximum absolute atomic E-state index is 13.1. The molecule has 3 heterocycles. The van der Waals surface area contributed by atoms with E-state index in [9.17, 15) is 14.9 Å². The fourth-order valence-corrected chi connectivity index (χ4v) is 3.23. The van der Waals surface area contributed by atoms with E-state index in [-0.39, 0.29) is 11.6 Å². The van der Waals surface area contributed by atoms with Crippen LogP contribution in [0.25, 0.3) is 17.1 Å². The molecule has 28 heavy (non-hydrogen) atoms. The molecule has 0 radical (unpaired) electrons. The second-order valence-electron chi connectivity index (χ2n) is 6.51. The quantitative estimate of drug-likeness (QED) is 0.510. The van der Waals surface area contributed by atoms with Gasteiger partial charge in [-0.25, -0.2) is 4.68 Å². The molecule has 1 saturated heterocycles. The van der Waals surface area contributed by atoms with Gasteiger partial charge < -0.3 is 14.2 Å². The van der Waals surface area contributed by atoms with Crippen molar-refractivity contribution in [2.45, 2.75) is 0 Å². The van der Waals surface area contributed by atoms with Gasteiger partial charge in [-0.2, -0.15) is 5.10 Å². The first kappa shape index (κ1) is 17.9. The van der Waals surface area contributed by atoms with Crippen LogP contribution in [-0.4, -0.2) is 56.4 Å². The second-order valence-corrected chi connectivity index (χ2v) is 6.51. The van der Waals surface area contributed by atoms with Gasteiger partial charge in [0.1, 0.15) is 11.4 Å². The smallest absolute Gasteiger partial charge is 0.272 e. The maximum atomic E-state index is 13.1. The van der Waals surface area contributed by atoms with E-state index in [1.54, 1.807) is 27.8 Å². The van der Waals surface area contributed by atoms with Gasteiger partial charge in [0.2, 0.25) is 0 Å².